The van der Waals surface area contributed by atoms with Gasteiger partial charge in [0.1, 0.15) is 31.1 Å². The maximum atomic E-state index is 11.0. The molecule has 1 heterocycles. The Morgan fingerprint density at radius 1 is 1.19 bits per heavy atom. The summed E-state index contributed by atoms with van der Waals surface area (Å²) in [6, 6.07) is -2.66. The molecule has 118 valence electrons. The highest BCUT2D eigenvalue weighted by atomic mass is 16.4. The molecule has 0 aromatic carbocycles. The van der Waals surface area contributed by atoms with E-state index in [1.165, 1.54) is 5.32 Å². The van der Waals surface area contributed by atoms with Crippen molar-refractivity contribution in [3.05, 3.63) is 0 Å². The number of rotatable bonds is 10. The second-order valence-electron chi connectivity index (χ2n) is 5.11. The van der Waals surface area contributed by atoms with E-state index in [-0.39, 0.29) is 19.4 Å². The van der Waals surface area contributed by atoms with E-state index in [1.54, 1.807) is 4.90 Å². The topological polar surface area (TPSA) is 168 Å². The van der Waals surface area contributed by atoms with Gasteiger partial charge in [0, 0.05) is 0 Å². The van der Waals surface area contributed by atoms with Crippen LogP contribution >= 0.6 is 0 Å². The van der Waals surface area contributed by atoms with E-state index in [1.807, 2.05) is 0 Å². The van der Waals surface area contributed by atoms with Gasteiger partial charge >= 0.3 is 0 Å². The van der Waals surface area contributed by atoms with Crippen LogP contribution in [0.25, 0.3) is 0 Å². The van der Waals surface area contributed by atoms with Crippen LogP contribution in [0, 0.1) is 0 Å². The quantitative estimate of drug-likeness (QED) is 0.380. The molecule has 0 amide bonds. The number of hydrogen-bond acceptors (Lipinski definition) is 8. The standard InChI is InChI=1S/C12H21N3O6/c13-7(10(16)17)1-4-14-8(11(18)19)2-5-15-6-3-9(15)12(20)21/h7-9,14H,1-6,13H2,(H,16,17)(H,18,19)(H,20,21)/q+2/p-2. The number of likely N-dealkylation sites (tertiary alicyclic amines) is 1. The lowest BCUT2D eigenvalue weighted by atomic mass is 10.0. The van der Waals surface area contributed by atoms with Crippen molar-refractivity contribution in [3.8, 4) is 0 Å². The fraction of sp³-hybridized carbons (Fsp3) is 0.750. The third kappa shape index (κ3) is 5.29. The van der Waals surface area contributed by atoms with Gasteiger partial charge in [-0.25, -0.2) is 0 Å². The first-order valence-electron chi connectivity index (χ1n) is 6.78. The molecule has 1 aliphatic rings. The highest BCUT2D eigenvalue weighted by Crippen LogP contribution is 2.13. The Bertz CT molecular complexity index is 402. The minimum absolute atomic E-state index is 0.0809. The molecule has 3 atom stereocenters. The zero-order chi connectivity index (χ0) is 16.0. The molecule has 0 aromatic heterocycles. The van der Waals surface area contributed by atoms with Gasteiger partial charge in [-0.05, 0) is 0 Å². The van der Waals surface area contributed by atoms with Crippen molar-refractivity contribution in [2.24, 2.45) is 0 Å². The largest absolute Gasteiger partial charge is 0.544 e. The van der Waals surface area contributed by atoms with E-state index in [9.17, 15) is 29.7 Å². The van der Waals surface area contributed by atoms with Crippen molar-refractivity contribution in [3.63, 3.8) is 0 Å². The Hall–Kier alpha value is -1.71. The van der Waals surface area contributed by atoms with Crippen molar-refractivity contribution in [1.82, 2.24) is 4.90 Å². The molecule has 1 fully saturated rings. The minimum Gasteiger partial charge on any atom is -0.544 e. The molecule has 0 bridgehead atoms. The Balaban J connectivity index is 2.32. The Morgan fingerprint density at radius 3 is 2.29 bits per heavy atom. The predicted octanol–water partition coefficient (Wildman–Crippen LogP) is -7.74. The third-order valence-corrected chi connectivity index (χ3v) is 3.66. The van der Waals surface area contributed by atoms with E-state index < -0.39 is 36.0 Å². The van der Waals surface area contributed by atoms with Crippen molar-refractivity contribution in [2.75, 3.05) is 19.6 Å². The molecule has 2 radical (unpaired) electrons. The van der Waals surface area contributed by atoms with Crippen LogP contribution in [0.5, 0.6) is 0 Å². The van der Waals surface area contributed by atoms with Crippen LogP contribution in [-0.4, -0.2) is 55.7 Å². The summed E-state index contributed by atoms with van der Waals surface area (Å²) in [5.74, 6) is -3.82. The highest BCUT2D eigenvalue weighted by molar-refractivity contribution is 5.73. The summed E-state index contributed by atoms with van der Waals surface area (Å²) < 4.78 is 0. The van der Waals surface area contributed by atoms with Gasteiger partial charge in [0.2, 0.25) is 0 Å². The summed E-state index contributed by atoms with van der Waals surface area (Å²) >= 11 is 0. The second kappa shape index (κ2) is 7.91. The number of carbonyl (C=O) groups is 3. The number of carbonyl (C=O) groups excluding carboxylic acids is 3. The number of carboxylic acid groups (broad SMARTS) is 3. The number of quaternary nitrogens is 1. The predicted molar refractivity (Wildman–Crippen MR) is 60.8 cm³/mol. The van der Waals surface area contributed by atoms with Gasteiger partial charge < -0.3 is 35.0 Å². The van der Waals surface area contributed by atoms with E-state index >= 15 is 0 Å². The van der Waals surface area contributed by atoms with E-state index in [0.29, 0.717) is 19.5 Å². The molecular formula is C12H19N3O6. The maximum Gasteiger partial charge on any atom is 0.177 e. The van der Waals surface area contributed by atoms with Crippen LogP contribution in [0.2, 0.25) is 0 Å². The summed E-state index contributed by atoms with van der Waals surface area (Å²) in [5.41, 5.74) is 5.26. The number of carboxylic acids is 3. The first kappa shape index (κ1) is 17.3. The van der Waals surface area contributed by atoms with Crippen LogP contribution in [0.15, 0.2) is 0 Å². The monoisotopic (exact) mass is 301 g/mol. The summed E-state index contributed by atoms with van der Waals surface area (Å²) in [4.78, 5) is 33.8. The van der Waals surface area contributed by atoms with Crippen LogP contribution < -0.4 is 31.3 Å². The van der Waals surface area contributed by atoms with Gasteiger partial charge in [0.25, 0.3) is 0 Å². The first-order chi connectivity index (χ1) is 9.82. The maximum absolute atomic E-state index is 11.0. The van der Waals surface area contributed by atoms with E-state index in [0.717, 1.165) is 0 Å². The molecule has 9 nitrogen and oxygen atoms in total. The molecule has 9 heteroatoms. The third-order valence-electron chi connectivity index (χ3n) is 3.66. The van der Waals surface area contributed by atoms with Crippen molar-refractivity contribution in [2.45, 2.75) is 37.4 Å². The van der Waals surface area contributed by atoms with Gasteiger partial charge in [-0.3, -0.25) is 0 Å². The van der Waals surface area contributed by atoms with Crippen molar-refractivity contribution >= 4 is 17.9 Å². The molecule has 4 N–H and O–H groups in total. The lowest BCUT2D eigenvalue weighted by Crippen LogP contribution is -2.94. The van der Waals surface area contributed by atoms with Gasteiger partial charge in [-0.1, -0.05) is 0 Å². The van der Waals surface area contributed by atoms with Crippen LogP contribution in [0.3, 0.4) is 0 Å². The molecule has 0 aliphatic carbocycles. The molecule has 0 spiro atoms. The smallest absolute Gasteiger partial charge is 0.177 e. The average Bonchev–Trinajstić information content (AvgIpc) is 2.34. The number of nitrogens with two attached hydrogens (primary N) is 2. The Labute approximate surface area is 121 Å². The summed E-state index contributed by atoms with van der Waals surface area (Å²) in [6.45, 7) is 1.10. The SMILES string of the molecule is [NH2+]C(CC[NH2+]C(CC[N+]1CCC1C(=O)[O-])C(=O)[O-])C(=O)[O-]. The summed E-state index contributed by atoms with van der Waals surface area (Å²) in [6.07, 6.45) is 0.784. The van der Waals surface area contributed by atoms with Gasteiger partial charge in [-0.15, -0.1) is 0 Å². The van der Waals surface area contributed by atoms with Crippen molar-refractivity contribution in [1.29, 1.82) is 0 Å². The zero-order valence-electron chi connectivity index (χ0n) is 11.5. The fourth-order valence-corrected chi connectivity index (χ4v) is 2.21. The normalized spacial score (nSPS) is 21.3. The van der Waals surface area contributed by atoms with Gasteiger partial charge in [0.05, 0.1) is 31.8 Å². The van der Waals surface area contributed by atoms with Crippen molar-refractivity contribution < 1.29 is 40.8 Å². The van der Waals surface area contributed by atoms with Crippen LogP contribution in [-0.2, 0) is 14.4 Å². The number of aliphatic carboxylic acids is 3. The number of nitrogens with zero attached hydrogens (tertiary/aromatic N) is 1. The summed E-state index contributed by atoms with van der Waals surface area (Å²) in [5, 5.41) is 33.6. The average molecular weight is 301 g/mol. The second-order valence-corrected chi connectivity index (χ2v) is 5.11. The van der Waals surface area contributed by atoms with Gasteiger partial charge in [-0.2, -0.15) is 10.6 Å². The zero-order valence-corrected chi connectivity index (χ0v) is 11.5. The molecule has 1 rings (SSSR count). The van der Waals surface area contributed by atoms with Gasteiger partial charge in [0.15, 0.2) is 12.1 Å². The van der Waals surface area contributed by atoms with E-state index in [4.69, 9.17) is 5.73 Å². The first-order valence-corrected chi connectivity index (χ1v) is 6.78. The molecular weight excluding hydrogens is 282 g/mol. The molecule has 0 saturated carbocycles. The lowest BCUT2D eigenvalue weighted by Gasteiger charge is -2.31. The van der Waals surface area contributed by atoms with E-state index in [2.05, 4.69) is 0 Å². The van der Waals surface area contributed by atoms with Crippen LogP contribution in [0.1, 0.15) is 19.3 Å². The number of hydrogen-bond donors (Lipinski definition) is 2. The molecule has 0 aromatic rings. The Morgan fingerprint density at radius 2 is 1.86 bits per heavy atom. The molecule has 1 saturated heterocycles. The molecule has 1 aliphatic heterocycles. The van der Waals surface area contributed by atoms with Crippen LogP contribution in [0.4, 0.5) is 0 Å². The Kier molecular flexibility index (Phi) is 6.53. The molecule has 3 unspecified atom stereocenters. The minimum atomic E-state index is -1.38. The fourth-order valence-electron chi connectivity index (χ4n) is 2.21. The highest BCUT2D eigenvalue weighted by Gasteiger charge is 2.39. The molecule has 21 heavy (non-hydrogen) atoms. The lowest BCUT2D eigenvalue weighted by molar-refractivity contribution is -0.686. The summed E-state index contributed by atoms with van der Waals surface area (Å²) in [7, 11) is 0.